The molecule has 1 atom stereocenters. The smallest absolute Gasteiger partial charge is 0.298 e. The van der Waals surface area contributed by atoms with Crippen LogP contribution in [0.15, 0.2) is 22.6 Å². The summed E-state index contributed by atoms with van der Waals surface area (Å²) in [6, 6.07) is 6.06. The standard InChI is InChI=1S/C19H24ClN3O3/c20-14-3-4-16-17(11-14)26-19(21-16)23-7-1-2-13(12-23)10-18(25)22-8-5-15(24)6-9-22/h3-4,11,13,15,24H,1-2,5-10,12H2. The molecule has 140 valence electrons. The summed E-state index contributed by atoms with van der Waals surface area (Å²) in [5, 5.41) is 10.2. The summed E-state index contributed by atoms with van der Waals surface area (Å²) >= 11 is 6.02. The Bertz CT molecular complexity index is 785. The SMILES string of the molecule is O=C(CC1CCCN(c2nc3ccc(Cl)cc3o2)C1)N1CCC(O)CC1. The lowest BCUT2D eigenvalue weighted by atomic mass is 9.94. The van der Waals surface area contributed by atoms with Crippen molar-refractivity contribution in [3.63, 3.8) is 0 Å². The molecule has 0 spiro atoms. The molecule has 0 radical (unpaired) electrons. The van der Waals surface area contributed by atoms with Gasteiger partial charge in [-0.2, -0.15) is 4.98 Å². The van der Waals surface area contributed by atoms with Crippen LogP contribution in [-0.4, -0.2) is 53.2 Å². The fourth-order valence-electron chi connectivity index (χ4n) is 3.92. The van der Waals surface area contributed by atoms with Gasteiger partial charge in [-0.25, -0.2) is 0 Å². The first-order chi connectivity index (χ1) is 12.6. The van der Waals surface area contributed by atoms with Gasteiger partial charge >= 0.3 is 0 Å². The van der Waals surface area contributed by atoms with Crippen LogP contribution in [0, 0.1) is 5.92 Å². The highest BCUT2D eigenvalue weighted by Crippen LogP contribution is 2.29. The van der Waals surface area contributed by atoms with E-state index in [0.717, 1.165) is 31.4 Å². The van der Waals surface area contributed by atoms with E-state index >= 15 is 0 Å². The second kappa shape index (κ2) is 7.45. The molecule has 7 heteroatoms. The quantitative estimate of drug-likeness (QED) is 0.890. The predicted octanol–water partition coefficient (Wildman–Crippen LogP) is 3.07. The molecule has 2 aromatic rings. The van der Waals surface area contributed by atoms with Gasteiger partial charge in [0.05, 0.1) is 6.10 Å². The van der Waals surface area contributed by atoms with Crippen LogP contribution in [-0.2, 0) is 4.79 Å². The van der Waals surface area contributed by atoms with Gasteiger partial charge in [0.15, 0.2) is 5.58 Å². The summed E-state index contributed by atoms with van der Waals surface area (Å²) < 4.78 is 5.88. The molecule has 2 fully saturated rings. The molecule has 1 amide bonds. The van der Waals surface area contributed by atoms with Crippen LogP contribution in [0.1, 0.15) is 32.1 Å². The Balaban J connectivity index is 1.39. The normalized spacial score (nSPS) is 22.2. The molecule has 0 aliphatic carbocycles. The highest BCUT2D eigenvalue weighted by atomic mass is 35.5. The first-order valence-electron chi connectivity index (χ1n) is 9.35. The Kier molecular flexibility index (Phi) is 5.05. The molecule has 2 aliphatic rings. The van der Waals surface area contributed by atoms with Gasteiger partial charge in [0.25, 0.3) is 6.01 Å². The Labute approximate surface area is 157 Å². The van der Waals surface area contributed by atoms with Crippen molar-refractivity contribution in [2.75, 3.05) is 31.1 Å². The van der Waals surface area contributed by atoms with Gasteiger partial charge in [0, 0.05) is 43.7 Å². The van der Waals surface area contributed by atoms with Crippen molar-refractivity contribution < 1.29 is 14.3 Å². The van der Waals surface area contributed by atoms with Gasteiger partial charge in [0.1, 0.15) is 5.52 Å². The van der Waals surface area contributed by atoms with Crippen LogP contribution in [0.4, 0.5) is 6.01 Å². The first-order valence-corrected chi connectivity index (χ1v) is 9.73. The fraction of sp³-hybridized carbons (Fsp3) is 0.579. The molecule has 1 unspecified atom stereocenters. The fourth-order valence-corrected chi connectivity index (χ4v) is 4.08. The number of aliphatic hydroxyl groups is 1. The molecular formula is C19H24ClN3O3. The minimum atomic E-state index is -0.253. The third kappa shape index (κ3) is 3.81. The molecule has 2 saturated heterocycles. The first kappa shape index (κ1) is 17.6. The number of anilines is 1. The Morgan fingerprint density at radius 1 is 1.27 bits per heavy atom. The second-order valence-electron chi connectivity index (χ2n) is 7.38. The number of nitrogens with zero attached hydrogens (tertiary/aromatic N) is 3. The molecule has 1 N–H and O–H groups in total. The van der Waals surface area contributed by atoms with E-state index in [2.05, 4.69) is 9.88 Å². The zero-order chi connectivity index (χ0) is 18.1. The zero-order valence-electron chi connectivity index (χ0n) is 14.7. The number of aliphatic hydroxyl groups excluding tert-OH is 1. The summed E-state index contributed by atoms with van der Waals surface area (Å²) in [7, 11) is 0. The lowest BCUT2D eigenvalue weighted by molar-refractivity contribution is -0.134. The van der Waals surface area contributed by atoms with Gasteiger partial charge in [0.2, 0.25) is 5.91 Å². The molecule has 26 heavy (non-hydrogen) atoms. The Morgan fingerprint density at radius 3 is 2.88 bits per heavy atom. The molecule has 3 heterocycles. The highest BCUT2D eigenvalue weighted by Gasteiger charge is 2.28. The number of amides is 1. The number of piperidine rings is 2. The number of halogens is 1. The van der Waals surface area contributed by atoms with E-state index in [4.69, 9.17) is 16.0 Å². The van der Waals surface area contributed by atoms with E-state index in [0.29, 0.717) is 54.9 Å². The van der Waals surface area contributed by atoms with Crippen molar-refractivity contribution >= 4 is 34.6 Å². The molecule has 4 rings (SSSR count). The Morgan fingerprint density at radius 2 is 2.08 bits per heavy atom. The average molecular weight is 378 g/mol. The minimum absolute atomic E-state index is 0.202. The van der Waals surface area contributed by atoms with Gasteiger partial charge in [-0.1, -0.05) is 11.6 Å². The maximum Gasteiger partial charge on any atom is 0.298 e. The number of aromatic nitrogens is 1. The monoisotopic (exact) mass is 377 g/mol. The van der Waals surface area contributed by atoms with Crippen molar-refractivity contribution in [3.8, 4) is 0 Å². The van der Waals surface area contributed by atoms with Crippen LogP contribution in [0.25, 0.3) is 11.1 Å². The van der Waals surface area contributed by atoms with E-state index in [1.165, 1.54) is 0 Å². The summed E-state index contributed by atoms with van der Waals surface area (Å²) in [5.74, 6) is 0.509. The van der Waals surface area contributed by atoms with Gasteiger partial charge in [-0.3, -0.25) is 4.79 Å². The van der Waals surface area contributed by atoms with Crippen molar-refractivity contribution in [2.45, 2.75) is 38.2 Å². The molecule has 1 aromatic carbocycles. The van der Waals surface area contributed by atoms with Crippen LogP contribution < -0.4 is 4.90 Å². The third-order valence-corrected chi connectivity index (χ3v) is 5.64. The van der Waals surface area contributed by atoms with E-state index < -0.39 is 0 Å². The molecule has 2 aliphatic heterocycles. The van der Waals surface area contributed by atoms with E-state index in [1.807, 2.05) is 17.0 Å². The number of carbonyl (C=O) groups excluding carboxylic acids is 1. The number of benzene rings is 1. The van der Waals surface area contributed by atoms with E-state index in [-0.39, 0.29) is 12.0 Å². The summed E-state index contributed by atoms with van der Waals surface area (Å²) in [6.07, 6.45) is 3.75. The van der Waals surface area contributed by atoms with Gasteiger partial charge in [-0.05, 0) is 43.7 Å². The van der Waals surface area contributed by atoms with Crippen LogP contribution >= 0.6 is 11.6 Å². The van der Waals surface area contributed by atoms with Crippen molar-refractivity contribution in [1.82, 2.24) is 9.88 Å². The number of hydrogen-bond acceptors (Lipinski definition) is 5. The summed E-state index contributed by atoms with van der Waals surface area (Å²) in [4.78, 5) is 21.2. The molecule has 0 bridgehead atoms. The summed E-state index contributed by atoms with van der Waals surface area (Å²) in [6.45, 7) is 3.01. The van der Waals surface area contributed by atoms with Crippen molar-refractivity contribution in [1.29, 1.82) is 0 Å². The average Bonchev–Trinajstić information content (AvgIpc) is 3.05. The molecule has 1 aromatic heterocycles. The highest BCUT2D eigenvalue weighted by molar-refractivity contribution is 6.31. The number of carbonyl (C=O) groups is 1. The Hall–Kier alpha value is -1.79. The van der Waals surface area contributed by atoms with Crippen LogP contribution in [0.3, 0.4) is 0 Å². The second-order valence-corrected chi connectivity index (χ2v) is 7.82. The van der Waals surface area contributed by atoms with Gasteiger partial charge in [-0.15, -0.1) is 0 Å². The maximum absolute atomic E-state index is 12.6. The molecule has 6 nitrogen and oxygen atoms in total. The number of oxazole rings is 1. The van der Waals surface area contributed by atoms with Crippen molar-refractivity contribution in [3.05, 3.63) is 23.2 Å². The lowest BCUT2D eigenvalue weighted by Crippen LogP contribution is -2.43. The largest absolute Gasteiger partial charge is 0.423 e. The van der Waals surface area contributed by atoms with Crippen molar-refractivity contribution in [2.24, 2.45) is 5.92 Å². The minimum Gasteiger partial charge on any atom is -0.423 e. The van der Waals surface area contributed by atoms with E-state index in [1.54, 1.807) is 6.07 Å². The molecule has 0 saturated carbocycles. The number of rotatable bonds is 3. The lowest BCUT2D eigenvalue weighted by Gasteiger charge is -2.34. The van der Waals surface area contributed by atoms with E-state index in [9.17, 15) is 9.90 Å². The van der Waals surface area contributed by atoms with Crippen LogP contribution in [0.5, 0.6) is 0 Å². The third-order valence-electron chi connectivity index (χ3n) is 5.41. The molecular weight excluding hydrogens is 354 g/mol. The topological polar surface area (TPSA) is 69.8 Å². The van der Waals surface area contributed by atoms with Crippen LogP contribution in [0.2, 0.25) is 5.02 Å². The van der Waals surface area contributed by atoms with Gasteiger partial charge < -0.3 is 19.3 Å². The summed E-state index contributed by atoms with van der Waals surface area (Å²) in [5.41, 5.74) is 1.49. The zero-order valence-corrected chi connectivity index (χ0v) is 15.5. The number of hydrogen-bond donors (Lipinski definition) is 1. The number of likely N-dealkylation sites (tertiary alicyclic amines) is 1. The maximum atomic E-state index is 12.6. The predicted molar refractivity (Wildman–Crippen MR) is 100 cm³/mol. The number of fused-ring (bicyclic) bond motifs is 1.